The molecule has 0 bridgehead atoms. The summed E-state index contributed by atoms with van der Waals surface area (Å²) in [5, 5.41) is 0. The molecule has 2 aromatic rings. The summed E-state index contributed by atoms with van der Waals surface area (Å²) in [4.78, 5) is 0. The minimum Gasteiger partial charge on any atom is -0.496 e. The number of hydrogen-bond donors (Lipinski definition) is 1. The van der Waals surface area contributed by atoms with Crippen LogP contribution in [0.1, 0.15) is 33.9 Å². The molecule has 0 spiro atoms. The smallest absolute Gasteiger partial charge is 0.123 e. The lowest BCUT2D eigenvalue weighted by Crippen LogP contribution is -2.15. The number of aryl methyl sites for hydroxylation is 3. The molecular weight excluding hydrogens is 253 g/mol. The predicted octanol–water partition coefficient (Wildman–Crippen LogP) is 3.81. The van der Waals surface area contributed by atoms with E-state index in [2.05, 4.69) is 0 Å². The normalized spacial score (nSPS) is 12.3. The number of ether oxygens (including phenoxy) is 1. The highest BCUT2D eigenvalue weighted by Crippen LogP contribution is 2.30. The van der Waals surface area contributed by atoms with Crippen LogP contribution in [-0.2, 0) is 0 Å². The van der Waals surface area contributed by atoms with Crippen LogP contribution in [0.2, 0.25) is 0 Å². The van der Waals surface area contributed by atoms with Gasteiger partial charge in [-0.1, -0.05) is 12.1 Å². The fourth-order valence-electron chi connectivity index (χ4n) is 2.48. The van der Waals surface area contributed by atoms with Crippen LogP contribution >= 0.6 is 0 Å². The lowest BCUT2D eigenvalue weighted by atomic mass is 9.91. The first-order valence-corrected chi connectivity index (χ1v) is 6.60. The molecule has 2 aromatic carbocycles. The molecule has 0 aliphatic carbocycles. The predicted molar refractivity (Wildman–Crippen MR) is 79.6 cm³/mol. The lowest BCUT2D eigenvalue weighted by Gasteiger charge is -2.19. The maximum absolute atomic E-state index is 13.4. The summed E-state index contributed by atoms with van der Waals surface area (Å²) in [7, 11) is 1.65. The van der Waals surface area contributed by atoms with Crippen molar-refractivity contribution in [2.75, 3.05) is 7.11 Å². The second kappa shape index (κ2) is 5.63. The zero-order valence-electron chi connectivity index (χ0n) is 12.3. The van der Waals surface area contributed by atoms with E-state index in [1.807, 2.05) is 32.9 Å². The third-order valence-corrected chi connectivity index (χ3v) is 3.69. The summed E-state index contributed by atoms with van der Waals surface area (Å²) in [6, 6.07) is 8.38. The first-order chi connectivity index (χ1) is 9.43. The van der Waals surface area contributed by atoms with E-state index in [0.29, 0.717) is 0 Å². The number of methoxy groups -OCH3 is 1. The largest absolute Gasteiger partial charge is 0.496 e. The molecule has 0 fully saturated rings. The van der Waals surface area contributed by atoms with Crippen LogP contribution in [0.15, 0.2) is 30.3 Å². The molecule has 2 rings (SSSR count). The first-order valence-electron chi connectivity index (χ1n) is 6.60. The third-order valence-electron chi connectivity index (χ3n) is 3.69. The minimum atomic E-state index is -0.338. The fraction of sp³-hybridized carbons (Fsp3) is 0.294. The molecule has 2 nitrogen and oxygen atoms in total. The van der Waals surface area contributed by atoms with Crippen molar-refractivity contribution in [3.8, 4) is 5.75 Å². The van der Waals surface area contributed by atoms with E-state index >= 15 is 0 Å². The molecule has 0 amide bonds. The molecular formula is C17H20FNO. The molecule has 106 valence electrons. The molecule has 20 heavy (non-hydrogen) atoms. The molecule has 3 heteroatoms. The van der Waals surface area contributed by atoms with E-state index in [0.717, 1.165) is 33.6 Å². The number of benzene rings is 2. The van der Waals surface area contributed by atoms with Gasteiger partial charge in [-0.2, -0.15) is 0 Å². The summed E-state index contributed by atoms with van der Waals surface area (Å²) >= 11 is 0. The fourth-order valence-corrected chi connectivity index (χ4v) is 2.48. The standard InChI is InChI=1S/C17H20FNO/c1-10-5-6-13(18)9-15(10)17(19)14-7-12(3)16(20-4)8-11(14)2/h5-9,17H,19H2,1-4H3. The van der Waals surface area contributed by atoms with E-state index in [4.69, 9.17) is 10.5 Å². The van der Waals surface area contributed by atoms with Crippen molar-refractivity contribution in [2.24, 2.45) is 5.73 Å². The number of rotatable bonds is 3. The van der Waals surface area contributed by atoms with Gasteiger partial charge >= 0.3 is 0 Å². The molecule has 1 unspecified atom stereocenters. The van der Waals surface area contributed by atoms with Crippen LogP contribution in [0.4, 0.5) is 4.39 Å². The Morgan fingerprint density at radius 3 is 2.25 bits per heavy atom. The van der Waals surface area contributed by atoms with Gasteiger partial charge in [0.05, 0.1) is 13.2 Å². The zero-order valence-corrected chi connectivity index (χ0v) is 12.3. The van der Waals surface area contributed by atoms with Gasteiger partial charge in [-0.05, 0) is 66.8 Å². The van der Waals surface area contributed by atoms with Gasteiger partial charge < -0.3 is 10.5 Å². The van der Waals surface area contributed by atoms with E-state index in [9.17, 15) is 4.39 Å². The molecule has 0 aliphatic heterocycles. The van der Waals surface area contributed by atoms with Crippen molar-refractivity contribution < 1.29 is 9.13 Å². The zero-order chi connectivity index (χ0) is 14.9. The summed E-state index contributed by atoms with van der Waals surface area (Å²) in [5.41, 5.74) is 11.2. The SMILES string of the molecule is COc1cc(C)c(C(N)c2cc(F)ccc2C)cc1C. The van der Waals surface area contributed by atoms with Crippen LogP contribution < -0.4 is 10.5 Å². The molecule has 0 saturated heterocycles. The second-order valence-electron chi connectivity index (χ2n) is 5.16. The monoisotopic (exact) mass is 273 g/mol. The topological polar surface area (TPSA) is 35.2 Å². The van der Waals surface area contributed by atoms with E-state index in [1.54, 1.807) is 13.2 Å². The van der Waals surface area contributed by atoms with Gasteiger partial charge in [0, 0.05) is 0 Å². The van der Waals surface area contributed by atoms with Crippen molar-refractivity contribution >= 4 is 0 Å². The molecule has 2 N–H and O–H groups in total. The summed E-state index contributed by atoms with van der Waals surface area (Å²) < 4.78 is 18.8. The number of halogens is 1. The Kier molecular flexibility index (Phi) is 4.09. The Balaban J connectivity index is 2.50. The Bertz CT molecular complexity index is 637. The van der Waals surface area contributed by atoms with Crippen molar-refractivity contribution in [1.29, 1.82) is 0 Å². The van der Waals surface area contributed by atoms with E-state index in [-0.39, 0.29) is 11.9 Å². The quantitative estimate of drug-likeness (QED) is 0.923. The maximum atomic E-state index is 13.4. The van der Waals surface area contributed by atoms with E-state index in [1.165, 1.54) is 12.1 Å². The summed E-state index contributed by atoms with van der Waals surface area (Å²) in [6.45, 7) is 5.92. The van der Waals surface area contributed by atoms with Crippen LogP contribution in [0.25, 0.3) is 0 Å². The van der Waals surface area contributed by atoms with Gasteiger partial charge in [-0.15, -0.1) is 0 Å². The van der Waals surface area contributed by atoms with Gasteiger partial charge in [0.1, 0.15) is 11.6 Å². The lowest BCUT2D eigenvalue weighted by molar-refractivity contribution is 0.411. The Labute approximate surface area is 119 Å². The van der Waals surface area contributed by atoms with Crippen LogP contribution in [0.5, 0.6) is 5.75 Å². The highest BCUT2D eigenvalue weighted by Gasteiger charge is 2.16. The average Bonchev–Trinajstić information content (AvgIpc) is 2.42. The highest BCUT2D eigenvalue weighted by atomic mass is 19.1. The summed E-state index contributed by atoms with van der Waals surface area (Å²) in [5.74, 6) is 0.582. The number of nitrogens with two attached hydrogens (primary N) is 1. The Hall–Kier alpha value is -1.87. The van der Waals surface area contributed by atoms with Crippen molar-refractivity contribution in [3.05, 3.63) is 64.0 Å². The van der Waals surface area contributed by atoms with Crippen LogP contribution in [-0.4, -0.2) is 7.11 Å². The third kappa shape index (κ3) is 2.68. The molecule has 0 aromatic heterocycles. The van der Waals surface area contributed by atoms with Gasteiger partial charge in [-0.25, -0.2) is 4.39 Å². The first kappa shape index (κ1) is 14.5. The number of hydrogen-bond acceptors (Lipinski definition) is 2. The van der Waals surface area contributed by atoms with Gasteiger partial charge in [0.2, 0.25) is 0 Å². The van der Waals surface area contributed by atoms with Gasteiger partial charge in [0.25, 0.3) is 0 Å². The second-order valence-corrected chi connectivity index (χ2v) is 5.16. The van der Waals surface area contributed by atoms with Crippen LogP contribution in [0, 0.1) is 26.6 Å². The van der Waals surface area contributed by atoms with E-state index < -0.39 is 0 Å². The minimum absolute atomic E-state index is 0.260. The average molecular weight is 273 g/mol. The maximum Gasteiger partial charge on any atom is 0.123 e. The molecule has 1 atom stereocenters. The molecule has 0 heterocycles. The van der Waals surface area contributed by atoms with Crippen LogP contribution in [0.3, 0.4) is 0 Å². The Morgan fingerprint density at radius 1 is 0.950 bits per heavy atom. The molecule has 0 saturated carbocycles. The van der Waals surface area contributed by atoms with Crippen molar-refractivity contribution in [2.45, 2.75) is 26.8 Å². The van der Waals surface area contributed by atoms with Crippen molar-refractivity contribution in [1.82, 2.24) is 0 Å². The van der Waals surface area contributed by atoms with Crippen molar-refractivity contribution in [3.63, 3.8) is 0 Å². The highest BCUT2D eigenvalue weighted by molar-refractivity contribution is 5.46. The Morgan fingerprint density at radius 2 is 1.60 bits per heavy atom. The van der Waals surface area contributed by atoms with Gasteiger partial charge in [-0.3, -0.25) is 0 Å². The molecule has 0 aliphatic rings. The molecule has 0 radical (unpaired) electrons. The van der Waals surface area contributed by atoms with Gasteiger partial charge in [0.15, 0.2) is 0 Å². The summed E-state index contributed by atoms with van der Waals surface area (Å²) in [6.07, 6.45) is 0.